The van der Waals surface area contributed by atoms with Gasteiger partial charge in [0.05, 0.1) is 20.6 Å². The molecule has 31 heavy (non-hydrogen) atoms. The van der Waals surface area contributed by atoms with Crippen molar-refractivity contribution in [3.63, 3.8) is 0 Å². The van der Waals surface area contributed by atoms with Crippen molar-refractivity contribution in [2.24, 2.45) is 16.7 Å². The standard InChI is InChI=1S/C27H46N2O2/c1-26(2,3)20-24(27(4,5)6)25(31)28-18-13-19-29(7,8)21-23(30)17-12-16-22-14-10-9-11-15-22/h9-11,14-15,24H,12-13,16-21H2,1-8H3/p+1. The Labute approximate surface area is 191 Å². The second kappa shape index (κ2) is 11.8. The zero-order valence-electron chi connectivity index (χ0n) is 21.4. The summed E-state index contributed by atoms with van der Waals surface area (Å²) in [5.74, 6) is 0.480. The van der Waals surface area contributed by atoms with Crippen LogP contribution in [0.5, 0.6) is 0 Å². The Morgan fingerprint density at radius 2 is 1.58 bits per heavy atom. The van der Waals surface area contributed by atoms with E-state index in [4.69, 9.17) is 0 Å². The summed E-state index contributed by atoms with van der Waals surface area (Å²) in [7, 11) is 4.21. The minimum absolute atomic E-state index is 0.00110. The number of hydrogen-bond donors (Lipinski definition) is 1. The zero-order valence-corrected chi connectivity index (χ0v) is 21.4. The van der Waals surface area contributed by atoms with Gasteiger partial charge in [0, 0.05) is 25.3 Å². The van der Waals surface area contributed by atoms with Crippen LogP contribution >= 0.6 is 0 Å². The van der Waals surface area contributed by atoms with Crippen LogP contribution in [0.25, 0.3) is 0 Å². The summed E-state index contributed by atoms with van der Waals surface area (Å²) in [5.41, 5.74) is 1.35. The molecule has 1 N–H and O–H groups in total. The van der Waals surface area contributed by atoms with E-state index in [0.29, 0.717) is 29.8 Å². The number of aryl methyl sites for hydroxylation is 1. The van der Waals surface area contributed by atoms with Crippen molar-refractivity contribution in [2.75, 3.05) is 33.7 Å². The fourth-order valence-electron chi connectivity index (χ4n) is 4.02. The number of carbonyl (C=O) groups is 2. The van der Waals surface area contributed by atoms with Gasteiger partial charge in [0.15, 0.2) is 5.78 Å². The fraction of sp³-hybridized carbons (Fsp3) is 0.704. The molecule has 0 aromatic heterocycles. The van der Waals surface area contributed by atoms with E-state index >= 15 is 0 Å². The molecule has 0 aliphatic carbocycles. The van der Waals surface area contributed by atoms with Gasteiger partial charge in [-0.15, -0.1) is 0 Å². The van der Waals surface area contributed by atoms with Gasteiger partial charge in [0.25, 0.3) is 0 Å². The van der Waals surface area contributed by atoms with Gasteiger partial charge in [-0.1, -0.05) is 71.9 Å². The Balaban J connectivity index is 2.37. The smallest absolute Gasteiger partial charge is 0.223 e. The first-order valence-electron chi connectivity index (χ1n) is 11.8. The van der Waals surface area contributed by atoms with E-state index in [0.717, 1.165) is 32.2 Å². The Bertz CT molecular complexity index is 681. The summed E-state index contributed by atoms with van der Waals surface area (Å²) < 4.78 is 0.671. The van der Waals surface area contributed by atoms with Gasteiger partial charge in [-0.25, -0.2) is 0 Å². The molecule has 1 rings (SSSR count). The average Bonchev–Trinajstić information content (AvgIpc) is 2.62. The minimum Gasteiger partial charge on any atom is -0.356 e. The molecule has 0 saturated heterocycles. The van der Waals surface area contributed by atoms with Crippen LogP contribution in [0.3, 0.4) is 0 Å². The molecule has 4 nitrogen and oxygen atoms in total. The van der Waals surface area contributed by atoms with Crippen molar-refractivity contribution in [1.82, 2.24) is 5.32 Å². The molecule has 0 heterocycles. The van der Waals surface area contributed by atoms with E-state index in [1.165, 1.54) is 5.56 Å². The van der Waals surface area contributed by atoms with E-state index in [2.05, 4.69) is 73.1 Å². The lowest BCUT2D eigenvalue weighted by molar-refractivity contribution is -0.882. The molecule has 1 aromatic rings. The van der Waals surface area contributed by atoms with Crippen molar-refractivity contribution in [3.8, 4) is 0 Å². The first kappa shape index (κ1) is 27.4. The van der Waals surface area contributed by atoms with Gasteiger partial charge < -0.3 is 9.80 Å². The highest BCUT2D eigenvalue weighted by atomic mass is 16.2. The normalized spacial score (nSPS) is 13.7. The Hall–Kier alpha value is -1.68. The van der Waals surface area contributed by atoms with E-state index < -0.39 is 0 Å². The van der Waals surface area contributed by atoms with Crippen LogP contribution in [0.15, 0.2) is 30.3 Å². The lowest BCUT2D eigenvalue weighted by atomic mass is 9.71. The van der Waals surface area contributed by atoms with Crippen LogP contribution in [-0.2, 0) is 16.0 Å². The summed E-state index contributed by atoms with van der Waals surface area (Å²) in [6.07, 6.45) is 4.24. The van der Waals surface area contributed by atoms with Crippen LogP contribution in [0.1, 0.15) is 72.8 Å². The Kier molecular flexibility index (Phi) is 10.4. The summed E-state index contributed by atoms with van der Waals surface area (Å²) >= 11 is 0. The van der Waals surface area contributed by atoms with E-state index in [1.54, 1.807) is 0 Å². The lowest BCUT2D eigenvalue weighted by Gasteiger charge is -2.34. The number of nitrogens with one attached hydrogen (secondary N) is 1. The van der Waals surface area contributed by atoms with E-state index in [-0.39, 0.29) is 22.7 Å². The van der Waals surface area contributed by atoms with Crippen LogP contribution < -0.4 is 5.32 Å². The van der Waals surface area contributed by atoms with Gasteiger partial charge >= 0.3 is 0 Å². The largest absolute Gasteiger partial charge is 0.356 e. The summed E-state index contributed by atoms with van der Waals surface area (Å²) in [5, 5.41) is 3.16. The third-order valence-corrected chi connectivity index (χ3v) is 5.79. The number of amides is 1. The SMILES string of the molecule is CC(C)(C)CC(C(=O)NCCC[N+](C)(C)CC(=O)CCCc1ccccc1)C(C)(C)C. The van der Waals surface area contributed by atoms with Crippen molar-refractivity contribution in [2.45, 2.75) is 73.6 Å². The van der Waals surface area contributed by atoms with Gasteiger partial charge in [-0.05, 0) is 35.7 Å². The third-order valence-electron chi connectivity index (χ3n) is 5.79. The van der Waals surface area contributed by atoms with Gasteiger partial charge in [-0.2, -0.15) is 0 Å². The monoisotopic (exact) mass is 431 g/mol. The second-order valence-corrected chi connectivity index (χ2v) is 12.0. The molecule has 0 aliphatic rings. The maximum Gasteiger partial charge on any atom is 0.223 e. The van der Waals surface area contributed by atoms with Gasteiger partial charge in [0.2, 0.25) is 5.91 Å². The van der Waals surface area contributed by atoms with Crippen molar-refractivity contribution < 1.29 is 14.1 Å². The quantitative estimate of drug-likeness (QED) is 0.362. The fourth-order valence-corrected chi connectivity index (χ4v) is 4.02. The molecule has 1 aromatic carbocycles. The number of hydrogen-bond acceptors (Lipinski definition) is 2. The molecular formula is C27H47N2O2+. The predicted molar refractivity (Wildman–Crippen MR) is 131 cm³/mol. The number of Topliss-reactive ketones (excluding diaryl/α,β-unsaturated/α-hetero) is 1. The number of benzene rings is 1. The van der Waals surface area contributed by atoms with Crippen molar-refractivity contribution in [1.29, 1.82) is 0 Å². The average molecular weight is 432 g/mol. The molecule has 1 amide bonds. The van der Waals surface area contributed by atoms with Crippen LogP contribution in [-0.4, -0.2) is 49.9 Å². The summed E-state index contributed by atoms with van der Waals surface area (Å²) in [6.45, 7) is 15.1. The molecule has 176 valence electrons. The predicted octanol–water partition coefficient (Wildman–Crippen LogP) is 5.26. The summed E-state index contributed by atoms with van der Waals surface area (Å²) in [4.78, 5) is 25.3. The second-order valence-electron chi connectivity index (χ2n) is 12.0. The molecule has 0 radical (unpaired) electrons. The van der Waals surface area contributed by atoms with Crippen molar-refractivity contribution >= 4 is 11.7 Å². The number of likely N-dealkylation sites (N-methyl/N-ethyl adjacent to an activating group) is 1. The number of nitrogens with zero attached hydrogens (tertiary/aromatic N) is 1. The Morgan fingerprint density at radius 3 is 2.13 bits per heavy atom. The van der Waals surface area contributed by atoms with Crippen LogP contribution in [0.2, 0.25) is 0 Å². The maximum atomic E-state index is 12.8. The highest BCUT2D eigenvalue weighted by Crippen LogP contribution is 2.36. The highest BCUT2D eigenvalue weighted by molar-refractivity contribution is 5.79. The molecule has 4 heteroatoms. The molecule has 1 unspecified atom stereocenters. The van der Waals surface area contributed by atoms with E-state index in [9.17, 15) is 9.59 Å². The number of quaternary nitrogens is 1. The van der Waals surface area contributed by atoms with Gasteiger partial charge in [0.1, 0.15) is 6.54 Å². The molecule has 0 saturated carbocycles. The molecule has 1 atom stereocenters. The number of carbonyl (C=O) groups excluding carboxylic acids is 2. The number of ketones is 1. The summed E-state index contributed by atoms with van der Waals surface area (Å²) in [6, 6.07) is 10.3. The highest BCUT2D eigenvalue weighted by Gasteiger charge is 2.34. The van der Waals surface area contributed by atoms with Crippen molar-refractivity contribution in [3.05, 3.63) is 35.9 Å². The third kappa shape index (κ3) is 12.1. The first-order chi connectivity index (χ1) is 14.2. The van der Waals surface area contributed by atoms with E-state index in [1.807, 2.05) is 18.2 Å². The van der Waals surface area contributed by atoms with Crippen LogP contribution in [0.4, 0.5) is 0 Å². The lowest BCUT2D eigenvalue weighted by Crippen LogP contribution is -2.46. The molecule has 0 fully saturated rings. The molecule has 0 spiro atoms. The molecular weight excluding hydrogens is 384 g/mol. The van der Waals surface area contributed by atoms with Gasteiger partial charge in [-0.3, -0.25) is 9.59 Å². The number of rotatable bonds is 12. The molecule has 0 bridgehead atoms. The van der Waals surface area contributed by atoms with Crippen LogP contribution in [0, 0.1) is 16.7 Å². The topological polar surface area (TPSA) is 46.2 Å². The zero-order chi connectivity index (χ0) is 23.7. The Morgan fingerprint density at radius 1 is 0.968 bits per heavy atom. The first-order valence-corrected chi connectivity index (χ1v) is 11.8. The maximum absolute atomic E-state index is 12.8. The minimum atomic E-state index is -0.0567. The molecule has 0 aliphatic heterocycles.